The van der Waals surface area contributed by atoms with Crippen molar-refractivity contribution < 1.29 is 9.47 Å². The minimum Gasteiger partial charge on any atom is -0.470 e. The van der Waals surface area contributed by atoms with Crippen molar-refractivity contribution in [1.82, 2.24) is 4.57 Å². The van der Waals surface area contributed by atoms with E-state index in [4.69, 9.17) is 9.47 Å². The van der Waals surface area contributed by atoms with E-state index in [1.54, 1.807) is 0 Å². The molecule has 21 heavy (non-hydrogen) atoms. The third kappa shape index (κ3) is 2.14. The van der Waals surface area contributed by atoms with Gasteiger partial charge in [0, 0.05) is 25.5 Å². The van der Waals surface area contributed by atoms with Gasteiger partial charge < -0.3 is 14.0 Å². The normalized spacial score (nSPS) is 20.1. The van der Waals surface area contributed by atoms with Gasteiger partial charge in [-0.15, -0.1) is 0 Å². The van der Waals surface area contributed by atoms with E-state index in [2.05, 4.69) is 0 Å². The fraction of sp³-hybridized carbons (Fsp3) is 0.471. The summed E-state index contributed by atoms with van der Waals surface area (Å²) in [6.07, 6.45) is 0.483. The van der Waals surface area contributed by atoms with Crippen LogP contribution in [0.25, 0.3) is 10.9 Å². The third-order valence-electron chi connectivity index (χ3n) is 4.24. The van der Waals surface area contributed by atoms with Crippen molar-refractivity contribution in [2.45, 2.75) is 38.9 Å². The zero-order valence-corrected chi connectivity index (χ0v) is 13.0. The smallest absolute Gasteiger partial charge is 0.201 e. The Morgan fingerprint density at radius 2 is 2.10 bits per heavy atom. The summed E-state index contributed by atoms with van der Waals surface area (Å²) in [6.45, 7) is 6.59. The molecule has 1 aromatic heterocycles. The predicted molar refractivity (Wildman–Crippen MR) is 83.0 cm³/mol. The van der Waals surface area contributed by atoms with Crippen molar-refractivity contribution >= 4 is 10.9 Å². The molecule has 0 aliphatic carbocycles. The number of nitrogens with zero attached hydrogens (tertiary/aromatic N) is 1. The molecule has 0 fully saturated rings. The molecule has 2 aromatic rings. The molecule has 0 N–H and O–H groups in total. The van der Waals surface area contributed by atoms with E-state index in [1.807, 2.05) is 56.7 Å². The molecule has 0 amide bonds. The van der Waals surface area contributed by atoms with Gasteiger partial charge in [-0.05, 0) is 32.9 Å². The molecular weight excluding hydrogens is 266 g/mol. The van der Waals surface area contributed by atoms with Gasteiger partial charge in [-0.1, -0.05) is 12.1 Å². The van der Waals surface area contributed by atoms with Crippen LogP contribution in [0.1, 0.15) is 26.3 Å². The van der Waals surface area contributed by atoms with E-state index >= 15 is 0 Å². The zero-order chi connectivity index (χ0) is 15.2. The van der Waals surface area contributed by atoms with Crippen LogP contribution in [0.4, 0.5) is 0 Å². The number of para-hydroxylation sites is 1. The first-order chi connectivity index (χ1) is 9.95. The minimum absolute atomic E-state index is 0.0545. The largest absolute Gasteiger partial charge is 0.470 e. The molecule has 0 bridgehead atoms. The van der Waals surface area contributed by atoms with E-state index in [9.17, 15) is 4.79 Å². The fourth-order valence-electron chi connectivity index (χ4n) is 3.05. The molecule has 0 spiro atoms. The average molecular weight is 287 g/mol. The Kier molecular flexibility index (Phi) is 3.29. The molecule has 1 atom stereocenters. The van der Waals surface area contributed by atoms with Crippen LogP contribution in [0.5, 0.6) is 5.88 Å². The van der Waals surface area contributed by atoms with Crippen LogP contribution in [0, 0.1) is 0 Å². The minimum atomic E-state index is -0.449. The summed E-state index contributed by atoms with van der Waals surface area (Å²) in [5.41, 5.74) is 1.22. The van der Waals surface area contributed by atoms with Gasteiger partial charge in [0.25, 0.3) is 0 Å². The molecule has 112 valence electrons. The molecule has 1 unspecified atom stereocenters. The van der Waals surface area contributed by atoms with Crippen LogP contribution in [0.3, 0.4) is 0 Å². The second kappa shape index (κ2) is 4.88. The Balaban J connectivity index is 2.25. The molecule has 1 aromatic carbocycles. The Morgan fingerprint density at radius 3 is 2.81 bits per heavy atom. The molecule has 0 radical (unpaired) electrons. The highest BCUT2D eigenvalue weighted by atomic mass is 16.6. The summed E-state index contributed by atoms with van der Waals surface area (Å²) in [5, 5.41) is 0.734. The number of aryl methyl sites for hydroxylation is 1. The topological polar surface area (TPSA) is 40.5 Å². The van der Waals surface area contributed by atoms with Crippen molar-refractivity contribution in [3.63, 3.8) is 0 Å². The lowest BCUT2D eigenvalue weighted by molar-refractivity contribution is -0.0838. The number of hydrogen-bond donors (Lipinski definition) is 0. The van der Waals surface area contributed by atoms with Crippen LogP contribution in [0.2, 0.25) is 0 Å². The van der Waals surface area contributed by atoms with Crippen LogP contribution in [-0.2, 0) is 18.2 Å². The summed E-state index contributed by atoms with van der Waals surface area (Å²) < 4.78 is 13.9. The SMILES string of the molecule is CCOC1Cc2c(n(C)c3ccccc3c2=O)OC1(C)C. The number of aromatic nitrogens is 1. The Bertz CT molecular complexity index is 746. The molecule has 0 saturated heterocycles. The van der Waals surface area contributed by atoms with E-state index in [-0.39, 0.29) is 11.5 Å². The molecule has 1 aliphatic rings. The maximum absolute atomic E-state index is 12.7. The average Bonchev–Trinajstić information content (AvgIpc) is 2.46. The molecule has 3 rings (SSSR count). The van der Waals surface area contributed by atoms with Gasteiger partial charge in [-0.2, -0.15) is 0 Å². The first-order valence-electron chi connectivity index (χ1n) is 7.37. The number of benzene rings is 1. The zero-order valence-electron chi connectivity index (χ0n) is 13.0. The van der Waals surface area contributed by atoms with E-state index in [1.165, 1.54) is 0 Å². The number of hydrogen-bond acceptors (Lipinski definition) is 3. The fourth-order valence-corrected chi connectivity index (χ4v) is 3.05. The summed E-state index contributed by atoms with van der Waals surface area (Å²) >= 11 is 0. The van der Waals surface area contributed by atoms with Crippen molar-refractivity contribution in [1.29, 1.82) is 0 Å². The lowest BCUT2D eigenvalue weighted by Crippen LogP contribution is -2.50. The number of ether oxygens (including phenoxy) is 2. The Labute approximate surface area is 124 Å². The molecule has 4 nitrogen and oxygen atoms in total. The quantitative estimate of drug-likeness (QED) is 0.852. The van der Waals surface area contributed by atoms with E-state index in [0.29, 0.717) is 24.5 Å². The first-order valence-corrected chi connectivity index (χ1v) is 7.37. The van der Waals surface area contributed by atoms with Gasteiger partial charge in [0.1, 0.15) is 11.7 Å². The summed E-state index contributed by atoms with van der Waals surface area (Å²) in [7, 11) is 1.94. The van der Waals surface area contributed by atoms with Gasteiger partial charge in [0.2, 0.25) is 5.88 Å². The van der Waals surface area contributed by atoms with E-state index in [0.717, 1.165) is 10.9 Å². The van der Waals surface area contributed by atoms with Crippen molar-refractivity contribution in [2.24, 2.45) is 7.05 Å². The van der Waals surface area contributed by atoms with Crippen molar-refractivity contribution in [3.8, 4) is 5.88 Å². The molecule has 0 saturated carbocycles. The Hall–Kier alpha value is -1.81. The first kappa shape index (κ1) is 14.1. The summed E-state index contributed by atoms with van der Waals surface area (Å²) in [6, 6.07) is 7.64. The standard InChI is InChI=1S/C17H21NO3/c1-5-20-14-10-12-15(19)11-8-6-7-9-13(11)18(4)16(12)21-17(14,2)3/h6-9,14H,5,10H2,1-4H3. The highest BCUT2D eigenvalue weighted by molar-refractivity contribution is 5.81. The number of rotatable bonds is 2. The highest BCUT2D eigenvalue weighted by Crippen LogP contribution is 2.34. The van der Waals surface area contributed by atoms with Gasteiger partial charge in [-0.25, -0.2) is 0 Å². The molecule has 1 aliphatic heterocycles. The van der Waals surface area contributed by atoms with Crippen LogP contribution in [-0.4, -0.2) is 22.9 Å². The van der Waals surface area contributed by atoms with Gasteiger partial charge in [-0.3, -0.25) is 4.79 Å². The summed E-state index contributed by atoms with van der Waals surface area (Å²) in [4.78, 5) is 12.7. The second-order valence-electron chi connectivity index (χ2n) is 6.04. The highest BCUT2D eigenvalue weighted by Gasteiger charge is 2.40. The maximum atomic E-state index is 12.7. The third-order valence-corrected chi connectivity index (χ3v) is 4.24. The number of pyridine rings is 1. The Morgan fingerprint density at radius 1 is 1.38 bits per heavy atom. The van der Waals surface area contributed by atoms with E-state index < -0.39 is 5.60 Å². The van der Waals surface area contributed by atoms with Crippen molar-refractivity contribution in [2.75, 3.05) is 6.61 Å². The predicted octanol–water partition coefficient (Wildman–Crippen LogP) is 2.66. The monoisotopic (exact) mass is 287 g/mol. The van der Waals surface area contributed by atoms with Crippen LogP contribution < -0.4 is 10.2 Å². The van der Waals surface area contributed by atoms with Gasteiger partial charge in [0.05, 0.1) is 11.1 Å². The maximum Gasteiger partial charge on any atom is 0.201 e. The van der Waals surface area contributed by atoms with Gasteiger partial charge >= 0.3 is 0 Å². The molecule has 4 heteroatoms. The second-order valence-corrected chi connectivity index (χ2v) is 6.04. The van der Waals surface area contributed by atoms with Crippen LogP contribution >= 0.6 is 0 Å². The lowest BCUT2D eigenvalue weighted by Gasteiger charge is -2.40. The lowest BCUT2D eigenvalue weighted by atomic mass is 9.91. The number of fused-ring (bicyclic) bond motifs is 2. The molecule has 2 heterocycles. The molecular formula is C17H21NO3. The van der Waals surface area contributed by atoms with Gasteiger partial charge in [0.15, 0.2) is 5.43 Å². The summed E-state index contributed by atoms with van der Waals surface area (Å²) in [5.74, 6) is 0.666. The van der Waals surface area contributed by atoms with Crippen molar-refractivity contribution in [3.05, 3.63) is 40.1 Å². The van der Waals surface area contributed by atoms with Crippen LogP contribution in [0.15, 0.2) is 29.1 Å².